The topological polar surface area (TPSA) is 46.2 Å². The van der Waals surface area contributed by atoms with Crippen molar-refractivity contribution in [2.45, 2.75) is 13.0 Å². The summed E-state index contributed by atoms with van der Waals surface area (Å²) in [6.45, 7) is 1.80. The Morgan fingerprint density at radius 1 is 1.73 bits per heavy atom. The predicted octanol–water partition coefficient (Wildman–Crippen LogP) is 0.108. The maximum absolute atomic E-state index is 10.7. The third-order valence-corrected chi connectivity index (χ3v) is 2.23. The van der Waals surface area contributed by atoms with Gasteiger partial charge in [-0.3, -0.25) is 9.00 Å². The summed E-state index contributed by atoms with van der Waals surface area (Å²) < 4.78 is 10.7. The first kappa shape index (κ1) is 10.9. The van der Waals surface area contributed by atoms with Crippen LogP contribution in [-0.2, 0) is 15.6 Å². The Labute approximate surface area is 74.0 Å². The van der Waals surface area contributed by atoms with Gasteiger partial charge in [0.1, 0.15) is 5.88 Å². The Bertz CT molecular complexity index is 163. The van der Waals surface area contributed by atoms with Gasteiger partial charge in [-0.15, -0.1) is 11.6 Å². The lowest BCUT2D eigenvalue weighted by molar-refractivity contribution is -0.119. The van der Waals surface area contributed by atoms with E-state index < -0.39 is 10.8 Å². The fourth-order valence-electron chi connectivity index (χ4n) is 0.707. The van der Waals surface area contributed by atoms with Gasteiger partial charge in [0.2, 0.25) is 5.91 Å². The molecule has 0 bridgehead atoms. The fraction of sp³-hybridized carbons (Fsp3) is 0.833. The highest BCUT2D eigenvalue weighted by Gasteiger charge is 2.06. The van der Waals surface area contributed by atoms with Gasteiger partial charge in [0.05, 0.1) is 0 Å². The minimum atomic E-state index is -0.872. The van der Waals surface area contributed by atoms with E-state index in [-0.39, 0.29) is 17.8 Å². The second-order valence-electron chi connectivity index (χ2n) is 2.34. The van der Waals surface area contributed by atoms with Crippen LogP contribution in [0.3, 0.4) is 0 Å². The summed E-state index contributed by atoms with van der Waals surface area (Å²) in [4.78, 5) is 10.7. The fourth-order valence-corrected chi connectivity index (χ4v) is 1.57. The van der Waals surface area contributed by atoms with Crippen molar-refractivity contribution in [1.82, 2.24) is 5.32 Å². The lowest BCUT2D eigenvalue weighted by Gasteiger charge is -2.10. The molecule has 0 heterocycles. The van der Waals surface area contributed by atoms with Crippen molar-refractivity contribution in [3.63, 3.8) is 0 Å². The first-order valence-electron chi connectivity index (χ1n) is 3.21. The van der Waals surface area contributed by atoms with Gasteiger partial charge >= 0.3 is 0 Å². The summed E-state index contributed by atoms with van der Waals surface area (Å²) in [5.74, 6) is 0.216. The zero-order valence-electron chi connectivity index (χ0n) is 6.59. The Balaban J connectivity index is 3.60. The molecule has 66 valence electrons. The summed E-state index contributed by atoms with van der Waals surface area (Å²) in [6.07, 6.45) is 1.60. The molecule has 1 N–H and O–H groups in total. The first-order valence-corrected chi connectivity index (χ1v) is 5.47. The molecule has 2 unspecified atom stereocenters. The van der Waals surface area contributed by atoms with Crippen molar-refractivity contribution in [3.05, 3.63) is 0 Å². The van der Waals surface area contributed by atoms with Gasteiger partial charge in [-0.05, 0) is 6.92 Å². The van der Waals surface area contributed by atoms with Crippen molar-refractivity contribution in [2.24, 2.45) is 0 Å². The van der Waals surface area contributed by atoms with Crippen LogP contribution < -0.4 is 5.32 Å². The molecule has 2 atom stereocenters. The molecule has 0 rings (SSSR count). The summed E-state index contributed by atoms with van der Waals surface area (Å²) in [7, 11) is -0.872. The average Bonchev–Trinajstić information content (AvgIpc) is 1.85. The van der Waals surface area contributed by atoms with E-state index in [1.807, 2.05) is 0 Å². The number of hydrogen-bond acceptors (Lipinski definition) is 2. The molecular formula is C6H12ClNO2S. The number of halogens is 1. The number of nitrogens with one attached hydrogen (secondary N) is 1. The number of carbonyl (C=O) groups excluding carboxylic acids is 1. The Hall–Kier alpha value is -0.0900. The monoisotopic (exact) mass is 197 g/mol. The van der Waals surface area contributed by atoms with E-state index in [0.29, 0.717) is 5.75 Å². The van der Waals surface area contributed by atoms with E-state index in [9.17, 15) is 9.00 Å². The third kappa shape index (κ3) is 6.31. The molecule has 0 aromatic carbocycles. The molecule has 0 spiro atoms. The van der Waals surface area contributed by atoms with E-state index in [1.54, 1.807) is 13.2 Å². The SMILES string of the molecule is CC(CS(C)=O)NC(=O)CCl. The molecule has 5 heteroatoms. The molecule has 0 saturated heterocycles. The molecule has 0 radical (unpaired) electrons. The molecule has 3 nitrogen and oxygen atoms in total. The lowest BCUT2D eigenvalue weighted by Crippen LogP contribution is -2.36. The van der Waals surface area contributed by atoms with Crippen LogP contribution in [0, 0.1) is 0 Å². The molecule has 11 heavy (non-hydrogen) atoms. The molecule has 0 fully saturated rings. The zero-order valence-corrected chi connectivity index (χ0v) is 8.17. The van der Waals surface area contributed by atoms with Gasteiger partial charge < -0.3 is 5.32 Å². The summed E-state index contributed by atoms with van der Waals surface area (Å²) in [5.41, 5.74) is 0. The molecular weight excluding hydrogens is 186 g/mol. The maximum Gasteiger partial charge on any atom is 0.235 e. The van der Waals surface area contributed by atoms with Crippen LogP contribution in [0.1, 0.15) is 6.92 Å². The van der Waals surface area contributed by atoms with Crippen LogP contribution in [0.15, 0.2) is 0 Å². The number of rotatable bonds is 4. The predicted molar refractivity (Wildman–Crippen MR) is 47.3 cm³/mol. The molecule has 0 aromatic rings. The van der Waals surface area contributed by atoms with Crippen LogP contribution in [0.5, 0.6) is 0 Å². The Morgan fingerprint density at radius 2 is 2.27 bits per heavy atom. The summed E-state index contributed by atoms with van der Waals surface area (Å²) >= 11 is 5.24. The second kappa shape index (κ2) is 5.55. The van der Waals surface area contributed by atoms with Crippen LogP contribution in [0.25, 0.3) is 0 Å². The molecule has 1 amide bonds. The number of carbonyl (C=O) groups is 1. The molecule has 0 saturated carbocycles. The minimum absolute atomic E-state index is 0.0410. The zero-order chi connectivity index (χ0) is 8.85. The van der Waals surface area contributed by atoms with E-state index in [4.69, 9.17) is 11.6 Å². The largest absolute Gasteiger partial charge is 0.352 e. The van der Waals surface area contributed by atoms with Gasteiger partial charge in [0.25, 0.3) is 0 Å². The highest BCUT2D eigenvalue weighted by atomic mass is 35.5. The van der Waals surface area contributed by atoms with Crippen molar-refractivity contribution in [2.75, 3.05) is 17.9 Å². The molecule has 0 aliphatic rings. The van der Waals surface area contributed by atoms with Crippen molar-refractivity contribution < 1.29 is 9.00 Å². The first-order chi connectivity index (χ1) is 5.06. The second-order valence-corrected chi connectivity index (χ2v) is 4.09. The third-order valence-electron chi connectivity index (χ3n) is 1.01. The van der Waals surface area contributed by atoms with Crippen molar-refractivity contribution in [3.8, 4) is 0 Å². The van der Waals surface area contributed by atoms with Gasteiger partial charge in [-0.2, -0.15) is 0 Å². The number of alkyl halides is 1. The lowest BCUT2D eigenvalue weighted by atomic mass is 10.4. The average molecular weight is 198 g/mol. The van der Waals surface area contributed by atoms with Gasteiger partial charge in [0.15, 0.2) is 0 Å². The molecule has 0 aromatic heterocycles. The van der Waals surface area contributed by atoms with Crippen LogP contribution in [0.2, 0.25) is 0 Å². The van der Waals surface area contributed by atoms with Gasteiger partial charge in [-0.25, -0.2) is 0 Å². The quantitative estimate of drug-likeness (QED) is 0.651. The maximum atomic E-state index is 10.7. The Kier molecular flexibility index (Phi) is 5.50. The Morgan fingerprint density at radius 3 is 2.64 bits per heavy atom. The van der Waals surface area contributed by atoms with E-state index in [2.05, 4.69) is 5.32 Å². The molecule has 0 aliphatic carbocycles. The summed E-state index contributed by atoms with van der Waals surface area (Å²) in [5, 5.41) is 2.60. The number of hydrogen-bond donors (Lipinski definition) is 1. The van der Waals surface area contributed by atoms with E-state index in [1.165, 1.54) is 0 Å². The van der Waals surface area contributed by atoms with Gasteiger partial charge in [0, 0.05) is 28.9 Å². The summed E-state index contributed by atoms with van der Waals surface area (Å²) in [6, 6.07) is -0.0629. The van der Waals surface area contributed by atoms with Crippen LogP contribution in [-0.4, -0.2) is 34.0 Å². The number of amides is 1. The smallest absolute Gasteiger partial charge is 0.235 e. The highest BCUT2D eigenvalue weighted by Crippen LogP contribution is 1.86. The minimum Gasteiger partial charge on any atom is -0.352 e. The van der Waals surface area contributed by atoms with E-state index >= 15 is 0 Å². The normalized spacial score (nSPS) is 15.5. The van der Waals surface area contributed by atoms with Crippen molar-refractivity contribution >= 4 is 28.3 Å². The molecule has 0 aliphatic heterocycles. The van der Waals surface area contributed by atoms with E-state index in [0.717, 1.165) is 0 Å². The van der Waals surface area contributed by atoms with Crippen molar-refractivity contribution in [1.29, 1.82) is 0 Å². The van der Waals surface area contributed by atoms with Gasteiger partial charge in [-0.1, -0.05) is 0 Å². The van der Waals surface area contributed by atoms with Crippen LogP contribution >= 0.6 is 11.6 Å². The van der Waals surface area contributed by atoms with Crippen LogP contribution in [0.4, 0.5) is 0 Å². The standard InChI is InChI=1S/C6H12ClNO2S/c1-5(4-11(2)10)8-6(9)3-7/h5H,3-4H2,1-2H3,(H,8,9). The highest BCUT2D eigenvalue weighted by molar-refractivity contribution is 7.84.